The highest BCUT2D eigenvalue weighted by atomic mass is 35.5. The number of hydrogen-bond acceptors (Lipinski definition) is 1. The van der Waals surface area contributed by atoms with Crippen molar-refractivity contribution in [2.24, 2.45) is 11.3 Å². The third kappa shape index (κ3) is 1.63. The van der Waals surface area contributed by atoms with Crippen LogP contribution in [-0.2, 0) is 0 Å². The lowest BCUT2D eigenvalue weighted by Gasteiger charge is -2.57. The van der Waals surface area contributed by atoms with Crippen LogP contribution in [0.2, 0.25) is 0 Å². The summed E-state index contributed by atoms with van der Waals surface area (Å²) in [4.78, 5) is 0. The second-order valence-corrected chi connectivity index (χ2v) is 6.48. The standard InChI is InChI=1S/C16H23N.ClH/c1-2-6-13-12(5-1)11-15-14-7-3-4-8-16(13,14)9-10-17-15;/h2,6,14-15,17H,1,3-5,7-11H2;1H/t14-,15+,16-;/m0./s1. The maximum absolute atomic E-state index is 3.82. The average molecular weight is 266 g/mol. The summed E-state index contributed by atoms with van der Waals surface area (Å²) in [6, 6.07) is 0.814. The molecule has 1 aliphatic heterocycles. The molecule has 1 nitrogen and oxygen atoms in total. The van der Waals surface area contributed by atoms with Gasteiger partial charge in [-0.05, 0) is 56.6 Å². The Morgan fingerprint density at radius 1 is 1.22 bits per heavy atom. The largest absolute Gasteiger partial charge is 0.313 e. The van der Waals surface area contributed by atoms with Crippen LogP contribution in [0.15, 0.2) is 23.3 Å². The van der Waals surface area contributed by atoms with Gasteiger partial charge >= 0.3 is 0 Å². The molecule has 0 unspecified atom stereocenters. The summed E-state index contributed by atoms with van der Waals surface area (Å²) in [5.74, 6) is 0.950. The maximum atomic E-state index is 3.82. The van der Waals surface area contributed by atoms with Crippen LogP contribution in [0, 0.1) is 11.3 Å². The quantitative estimate of drug-likeness (QED) is 0.698. The molecule has 0 aromatic heterocycles. The van der Waals surface area contributed by atoms with Gasteiger partial charge in [0.2, 0.25) is 0 Å². The van der Waals surface area contributed by atoms with E-state index < -0.39 is 0 Å². The minimum atomic E-state index is 0. The molecule has 3 atom stereocenters. The first-order valence-electron chi connectivity index (χ1n) is 7.53. The molecule has 100 valence electrons. The molecule has 0 radical (unpaired) electrons. The first kappa shape index (κ1) is 12.7. The topological polar surface area (TPSA) is 12.0 Å². The zero-order valence-electron chi connectivity index (χ0n) is 11.1. The summed E-state index contributed by atoms with van der Waals surface area (Å²) in [5, 5.41) is 3.82. The van der Waals surface area contributed by atoms with Crippen LogP contribution in [-0.4, -0.2) is 12.6 Å². The smallest absolute Gasteiger partial charge is 0.0141 e. The molecular weight excluding hydrogens is 242 g/mol. The highest BCUT2D eigenvalue weighted by Crippen LogP contribution is 2.58. The Morgan fingerprint density at radius 3 is 3.11 bits per heavy atom. The van der Waals surface area contributed by atoms with Gasteiger partial charge in [-0.1, -0.05) is 30.6 Å². The van der Waals surface area contributed by atoms with Crippen molar-refractivity contribution in [3.05, 3.63) is 23.3 Å². The van der Waals surface area contributed by atoms with Gasteiger partial charge in [0.05, 0.1) is 0 Å². The van der Waals surface area contributed by atoms with Gasteiger partial charge in [0.1, 0.15) is 0 Å². The zero-order valence-corrected chi connectivity index (χ0v) is 11.9. The summed E-state index contributed by atoms with van der Waals surface area (Å²) in [5.41, 5.74) is 4.20. The van der Waals surface area contributed by atoms with Crippen LogP contribution < -0.4 is 5.32 Å². The molecule has 1 saturated heterocycles. The van der Waals surface area contributed by atoms with Gasteiger partial charge in [-0.25, -0.2) is 0 Å². The van der Waals surface area contributed by atoms with E-state index in [0.29, 0.717) is 5.41 Å². The van der Waals surface area contributed by atoms with Crippen molar-refractivity contribution >= 4 is 12.4 Å². The molecular formula is C16H24ClN. The molecule has 0 aromatic carbocycles. The van der Waals surface area contributed by atoms with Crippen molar-refractivity contribution in [2.75, 3.05) is 6.54 Å². The van der Waals surface area contributed by atoms with Crippen LogP contribution >= 0.6 is 12.4 Å². The third-order valence-corrected chi connectivity index (χ3v) is 5.84. The van der Waals surface area contributed by atoms with E-state index in [4.69, 9.17) is 0 Å². The molecule has 0 amide bonds. The summed E-state index contributed by atoms with van der Waals surface area (Å²) < 4.78 is 0. The minimum Gasteiger partial charge on any atom is -0.313 e. The third-order valence-electron chi connectivity index (χ3n) is 5.84. The molecule has 4 aliphatic rings. The molecule has 1 saturated carbocycles. The van der Waals surface area contributed by atoms with Gasteiger partial charge in [0.25, 0.3) is 0 Å². The summed E-state index contributed by atoms with van der Waals surface area (Å²) in [6.07, 6.45) is 16.2. The van der Waals surface area contributed by atoms with E-state index in [9.17, 15) is 0 Å². The SMILES string of the molecule is C1=CC2=C(CC1)C[C@H]1NCC[C@@]23CCCC[C@@H]13.Cl. The van der Waals surface area contributed by atoms with E-state index >= 15 is 0 Å². The second kappa shape index (κ2) is 4.68. The van der Waals surface area contributed by atoms with Crippen molar-refractivity contribution in [2.45, 2.75) is 57.4 Å². The molecule has 1 heterocycles. The Balaban J connectivity index is 0.000001000. The van der Waals surface area contributed by atoms with Crippen molar-refractivity contribution in [3.63, 3.8) is 0 Å². The van der Waals surface area contributed by atoms with E-state index in [2.05, 4.69) is 17.5 Å². The zero-order chi connectivity index (χ0) is 11.3. The fourth-order valence-electron chi connectivity index (χ4n) is 5.18. The molecule has 3 aliphatic carbocycles. The number of piperidine rings is 1. The Labute approximate surface area is 117 Å². The summed E-state index contributed by atoms with van der Waals surface area (Å²) in [7, 11) is 0. The lowest BCUT2D eigenvalue weighted by Crippen LogP contribution is -2.56. The highest BCUT2D eigenvalue weighted by Gasteiger charge is 2.51. The number of hydrogen-bond donors (Lipinski definition) is 1. The Kier molecular flexibility index (Phi) is 3.32. The van der Waals surface area contributed by atoms with Crippen molar-refractivity contribution < 1.29 is 0 Å². The Morgan fingerprint density at radius 2 is 2.17 bits per heavy atom. The van der Waals surface area contributed by atoms with E-state index in [0.717, 1.165) is 12.0 Å². The van der Waals surface area contributed by atoms with E-state index in [1.807, 2.05) is 5.57 Å². The normalized spacial score (nSPS) is 41.8. The van der Waals surface area contributed by atoms with Gasteiger partial charge in [-0.15, -0.1) is 12.4 Å². The molecule has 4 rings (SSSR count). The van der Waals surface area contributed by atoms with Crippen molar-refractivity contribution in [3.8, 4) is 0 Å². The fraction of sp³-hybridized carbons (Fsp3) is 0.750. The van der Waals surface area contributed by atoms with Gasteiger partial charge in [-0.2, -0.15) is 0 Å². The highest BCUT2D eigenvalue weighted by molar-refractivity contribution is 5.85. The number of rotatable bonds is 0. The second-order valence-electron chi connectivity index (χ2n) is 6.48. The summed E-state index contributed by atoms with van der Waals surface area (Å²) in [6.45, 7) is 1.26. The fourth-order valence-corrected chi connectivity index (χ4v) is 5.18. The monoisotopic (exact) mass is 265 g/mol. The number of nitrogens with one attached hydrogen (secondary N) is 1. The van der Waals surface area contributed by atoms with E-state index in [1.165, 1.54) is 57.9 Å². The Hall–Kier alpha value is -0.270. The maximum Gasteiger partial charge on any atom is 0.0141 e. The van der Waals surface area contributed by atoms with E-state index in [1.54, 1.807) is 5.57 Å². The van der Waals surface area contributed by atoms with Crippen LogP contribution in [0.4, 0.5) is 0 Å². The molecule has 0 spiro atoms. The van der Waals surface area contributed by atoms with Gasteiger partial charge < -0.3 is 5.32 Å². The molecule has 2 heteroatoms. The predicted octanol–water partition coefficient (Wildman–Crippen LogP) is 4.00. The number of allylic oxidation sites excluding steroid dienone is 3. The first-order valence-corrected chi connectivity index (χ1v) is 7.53. The summed E-state index contributed by atoms with van der Waals surface area (Å²) >= 11 is 0. The lowest BCUT2D eigenvalue weighted by molar-refractivity contribution is 0.0452. The lowest BCUT2D eigenvalue weighted by atomic mass is 9.52. The Bertz CT molecular complexity index is 394. The predicted molar refractivity (Wildman–Crippen MR) is 78.1 cm³/mol. The van der Waals surface area contributed by atoms with Gasteiger partial charge in [-0.3, -0.25) is 0 Å². The van der Waals surface area contributed by atoms with Gasteiger partial charge in [0, 0.05) is 11.5 Å². The van der Waals surface area contributed by atoms with Crippen LogP contribution in [0.3, 0.4) is 0 Å². The molecule has 1 N–H and O–H groups in total. The number of halogens is 1. The van der Waals surface area contributed by atoms with Crippen LogP contribution in [0.1, 0.15) is 51.4 Å². The van der Waals surface area contributed by atoms with E-state index in [-0.39, 0.29) is 12.4 Å². The van der Waals surface area contributed by atoms with Crippen LogP contribution in [0.5, 0.6) is 0 Å². The molecule has 18 heavy (non-hydrogen) atoms. The molecule has 2 fully saturated rings. The minimum absolute atomic E-state index is 0. The molecule has 0 aromatic rings. The van der Waals surface area contributed by atoms with Crippen molar-refractivity contribution in [1.29, 1.82) is 0 Å². The van der Waals surface area contributed by atoms with Crippen LogP contribution in [0.25, 0.3) is 0 Å². The first-order chi connectivity index (χ1) is 8.40. The van der Waals surface area contributed by atoms with Crippen molar-refractivity contribution in [1.82, 2.24) is 5.32 Å². The average Bonchev–Trinajstić information content (AvgIpc) is 2.39. The van der Waals surface area contributed by atoms with Gasteiger partial charge in [0.15, 0.2) is 0 Å². The molecule has 2 bridgehead atoms.